The van der Waals surface area contributed by atoms with Crippen molar-refractivity contribution in [3.05, 3.63) is 0 Å². The summed E-state index contributed by atoms with van der Waals surface area (Å²) < 4.78 is 15.4. The van der Waals surface area contributed by atoms with Crippen LogP contribution in [0.15, 0.2) is 0 Å². The van der Waals surface area contributed by atoms with Gasteiger partial charge in [0.25, 0.3) is 5.97 Å². The Hall–Kier alpha value is 0.0569. The molecule has 0 aromatic carbocycles. The van der Waals surface area contributed by atoms with Crippen LogP contribution in [0.4, 0.5) is 0 Å². The van der Waals surface area contributed by atoms with E-state index >= 15 is 0 Å². The highest BCUT2D eigenvalue weighted by Gasteiger charge is 2.22. The molecule has 1 N–H and O–H groups in total. The largest absolute Gasteiger partial charge is 0.396 e. The SMILES string of the molecule is COC(C)(OC)O[SiH2]CCCO. The van der Waals surface area contributed by atoms with Crippen LogP contribution < -0.4 is 0 Å². The van der Waals surface area contributed by atoms with Crippen LogP contribution in [0.1, 0.15) is 13.3 Å². The van der Waals surface area contributed by atoms with Gasteiger partial charge in [-0.25, -0.2) is 0 Å². The predicted octanol–water partition coefficient (Wildman–Crippen LogP) is -0.146. The second kappa shape index (κ2) is 6.56. The second-order valence-electron chi connectivity index (χ2n) is 2.55. The van der Waals surface area contributed by atoms with E-state index in [1.807, 2.05) is 0 Å². The van der Waals surface area contributed by atoms with Crippen LogP contribution in [0, 0.1) is 0 Å². The van der Waals surface area contributed by atoms with E-state index in [9.17, 15) is 0 Å². The van der Waals surface area contributed by atoms with Crippen LogP contribution in [0.25, 0.3) is 0 Å². The van der Waals surface area contributed by atoms with Crippen molar-refractivity contribution in [2.24, 2.45) is 0 Å². The molecule has 0 bridgehead atoms. The maximum Gasteiger partial charge on any atom is 0.269 e. The van der Waals surface area contributed by atoms with E-state index in [0.29, 0.717) is 0 Å². The molecule has 0 atom stereocenters. The summed E-state index contributed by atoms with van der Waals surface area (Å²) in [5.41, 5.74) is 0. The van der Waals surface area contributed by atoms with Gasteiger partial charge in [0, 0.05) is 27.8 Å². The molecule has 12 heavy (non-hydrogen) atoms. The zero-order chi connectivity index (χ0) is 9.45. The Morgan fingerprint density at radius 3 is 2.33 bits per heavy atom. The van der Waals surface area contributed by atoms with E-state index in [2.05, 4.69) is 0 Å². The summed E-state index contributed by atoms with van der Waals surface area (Å²) in [6.45, 7) is 1.96. The normalized spacial score (nSPS) is 13.0. The van der Waals surface area contributed by atoms with E-state index in [4.69, 9.17) is 19.0 Å². The molecule has 0 aliphatic heterocycles. The minimum atomic E-state index is -0.887. The van der Waals surface area contributed by atoms with Crippen molar-refractivity contribution in [3.63, 3.8) is 0 Å². The van der Waals surface area contributed by atoms with Gasteiger partial charge >= 0.3 is 0 Å². The number of hydrogen-bond acceptors (Lipinski definition) is 4. The number of rotatable bonds is 7. The predicted molar refractivity (Wildman–Crippen MR) is 48.6 cm³/mol. The smallest absolute Gasteiger partial charge is 0.269 e. The van der Waals surface area contributed by atoms with Crippen LogP contribution in [0.2, 0.25) is 6.04 Å². The van der Waals surface area contributed by atoms with E-state index in [0.717, 1.165) is 12.5 Å². The van der Waals surface area contributed by atoms with E-state index in [1.54, 1.807) is 21.1 Å². The van der Waals surface area contributed by atoms with Gasteiger partial charge < -0.3 is 19.0 Å². The standard InChI is InChI=1S/C7H18O4Si/c1-7(9-2,10-3)11-12-6-4-5-8/h8H,4-6,12H2,1-3H3. The lowest BCUT2D eigenvalue weighted by Crippen LogP contribution is -2.34. The molecule has 0 rings (SSSR count). The average Bonchev–Trinajstić information content (AvgIpc) is 2.12. The first-order valence-electron chi connectivity index (χ1n) is 4.03. The quantitative estimate of drug-likeness (QED) is 0.348. The Morgan fingerprint density at radius 2 is 1.92 bits per heavy atom. The number of methoxy groups -OCH3 is 2. The molecule has 0 unspecified atom stereocenters. The van der Waals surface area contributed by atoms with Gasteiger partial charge in [0.15, 0.2) is 9.76 Å². The molecule has 0 saturated heterocycles. The first kappa shape index (κ1) is 12.1. The Balaban J connectivity index is 3.45. The molecule has 4 nitrogen and oxygen atoms in total. The van der Waals surface area contributed by atoms with Crippen molar-refractivity contribution in [3.8, 4) is 0 Å². The molecule has 0 heterocycles. The molecule has 0 fully saturated rings. The molecule has 0 aromatic heterocycles. The molecule has 0 aromatic rings. The maximum absolute atomic E-state index is 8.51. The number of hydrogen-bond donors (Lipinski definition) is 1. The highest BCUT2D eigenvalue weighted by Crippen LogP contribution is 2.11. The molecule has 74 valence electrons. The lowest BCUT2D eigenvalue weighted by Gasteiger charge is -2.26. The van der Waals surface area contributed by atoms with Gasteiger partial charge in [-0.3, -0.25) is 0 Å². The minimum absolute atomic E-state index is 0.229. The van der Waals surface area contributed by atoms with Crippen molar-refractivity contribution >= 4 is 9.76 Å². The molecule has 5 heteroatoms. The molecule has 0 spiro atoms. The van der Waals surface area contributed by atoms with Gasteiger partial charge in [-0.2, -0.15) is 0 Å². The summed E-state index contributed by atoms with van der Waals surface area (Å²) in [7, 11) is 2.46. The summed E-state index contributed by atoms with van der Waals surface area (Å²) in [5, 5.41) is 8.51. The Kier molecular flexibility index (Phi) is 6.59. The van der Waals surface area contributed by atoms with E-state index in [-0.39, 0.29) is 6.61 Å². The summed E-state index contributed by atoms with van der Waals surface area (Å²) >= 11 is 0. The highest BCUT2D eigenvalue weighted by molar-refractivity contribution is 6.27. The second-order valence-corrected chi connectivity index (χ2v) is 3.95. The Morgan fingerprint density at radius 1 is 1.33 bits per heavy atom. The fraction of sp³-hybridized carbons (Fsp3) is 1.00. The number of aliphatic hydroxyl groups is 1. The van der Waals surface area contributed by atoms with Crippen LogP contribution >= 0.6 is 0 Å². The minimum Gasteiger partial charge on any atom is -0.396 e. The molecule has 0 amide bonds. The first-order valence-corrected chi connectivity index (χ1v) is 5.61. The van der Waals surface area contributed by atoms with Crippen molar-refractivity contribution in [1.82, 2.24) is 0 Å². The van der Waals surface area contributed by atoms with Crippen molar-refractivity contribution in [2.45, 2.75) is 25.4 Å². The van der Waals surface area contributed by atoms with Gasteiger partial charge in [-0.1, -0.05) is 0 Å². The molecule has 0 aliphatic carbocycles. The average molecular weight is 194 g/mol. The lowest BCUT2D eigenvalue weighted by molar-refractivity contribution is -0.310. The van der Waals surface area contributed by atoms with Crippen LogP contribution in [-0.2, 0) is 13.9 Å². The van der Waals surface area contributed by atoms with Crippen LogP contribution in [0.3, 0.4) is 0 Å². The summed E-state index contributed by atoms with van der Waals surface area (Å²) in [6.07, 6.45) is 0.801. The van der Waals surface area contributed by atoms with Gasteiger partial charge in [0.05, 0.1) is 0 Å². The third-order valence-electron chi connectivity index (χ3n) is 1.66. The van der Waals surface area contributed by atoms with E-state index in [1.165, 1.54) is 0 Å². The molecule has 0 radical (unpaired) electrons. The Bertz CT molecular complexity index is 106. The van der Waals surface area contributed by atoms with Crippen LogP contribution in [0.5, 0.6) is 0 Å². The molecular weight excluding hydrogens is 176 g/mol. The number of ether oxygens (including phenoxy) is 2. The lowest BCUT2D eigenvalue weighted by atomic mass is 10.5. The fourth-order valence-electron chi connectivity index (χ4n) is 0.673. The summed E-state index contributed by atoms with van der Waals surface area (Å²) in [6, 6.07) is 0.943. The molecule has 0 saturated carbocycles. The van der Waals surface area contributed by atoms with Crippen molar-refractivity contribution < 1.29 is 19.0 Å². The monoisotopic (exact) mass is 194 g/mol. The maximum atomic E-state index is 8.51. The van der Waals surface area contributed by atoms with Crippen molar-refractivity contribution in [1.29, 1.82) is 0 Å². The molecule has 0 aliphatic rings. The summed E-state index contributed by atoms with van der Waals surface area (Å²) in [5.74, 6) is -0.887. The van der Waals surface area contributed by atoms with Gasteiger partial charge in [0.2, 0.25) is 0 Å². The highest BCUT2D eigenvalue weighted by atomic mass is 28.2. The zero-order valence-corrected chi connectivity index (χ0v) is 9.41. The van der Waals surface area contributed by atoms with E-state index < -0.39 is 15.7 Å². The third kappa shape index (κ3) is 4.84. The fourth-order valence-corrected chi connectivity index (χ4v) is 1.85. The Labute approximate surface area is 75.8 Å². The number of aliphatic hydroxyl groups excluding tert-OH is 1. The topological polar surface area (TPSA) is 47.9 Å². The first-order chi connectivity index (χ1) is 5.68. The van der Waals surface area contributed by atoms with Crippen LogP contribution in [-0.4, -0.2) is 41.7 Å². The van der Waals surface area contributed by atoms with Gasteiger partial charge in [0.1, 0.15) is 0 Å². The van der Waals surface area contributed by atoms with Gasteiger partial charge in [-0.15, -0.1) is 0 Å². The summed E-state index contributed by atoms with van der Waals surface area (Å²) in [4.78, 5) is 0. The zero-order valence-electron chi connectivity index (χ0n) is 8.00. The molecular formula is C7H18O4Si. The van der Waals surface area contributed by atoms with Crippen molar-refractivity contribution in [2.75, 3.05) is 20.8 Å². The third-order valence-corrected chi connectivity index (χ3v) is 3.18. The van der Waals surface area contributed by atoms with Gasteiger partial charge in [-0.05, 0) is 12.5 Å².